The maximum atomic E-state index is 13.2. The fourth-order valence-corrected chi connectivity index (χ4v) is 4.73. The number of hydrogen-bond donors (Lipinski definition) is 1. The first-order valence-electron chi connectivity index (χ1n) is 10.6. The molecule has 0 saturated carbocycles. The summed E-state index contributed by atoms with van der Waals surface area (Å²) in [6.07, 6.45) is 0. The van der Waals surface area contributed by atoms with Crippen molar-refractivity contribution < 1.29 is 9.59 Å². The number of nitrogens with zero attached hydrogens (tertiary/aromatic N) is 2. The van der Waals surface area contributed by atoms with Crippen LogP contribution in [0.3, 0.4) is 0 Å². The molecule has 3 aromatic rings. The lowest BCUT2D eigenvalue weighted by Gasteiger charge is -2.30. The van der Waals surface area contributed by atoms with Gasteiger partial charge in [0.05, 0.1) is 24.0 Å². The molecule has 0 bridgehead atoms. The quantitative estimate of drug-likeness (QED) is 0.587. The van der Waals surface area contributed by atoms with Gasteiger partial charge in [0.2, 0.25) is 5.91 Å². The van der Waals surface area contributed by atoms with E-state index >= 15 is 0 Å². The van der Waals surface area contributed by atoms with Crippen LogP contribution in [-0.2, 0) is 11.3 Å². The van der Waals surface area contributed by atoms with Gasteiger partial charge in [-0.3, -0.25) is 9.59 Å². The molecule has 1 aliphatic rings. The van der Waals surface area contributed by atoms with Gasteiger partial charge in [0.1, 0.15) is 0 Å². The summed E-state index contributed by atoms with van der Waals surface area (Å²) in [6.45, 7) is 1.18. The van der Waals surface area contributed by atoms with Gasteiger partial charge in [0.15, 0.2) is 0 Å². The number of fused-ring (bicyclic) bond motifs is 1. The van der Waals surface area contributed by atoms with Crippen molar-refractivity contribution in [3.05, 3.63) is 95.6 Å². The maximum Gasteiger partial charge on any atom is 0.251 e. The second-order valence-electron chi connectivity index (χ2n) is 8.14. The molecule has 1 heterocycles. The molecular weight excluding hydrogens is 418 g/mol. The van der Waals surface area contributed by atoms with Crippen molar-refractivity contribution in [2.75, 3.05) is 31.3 Å². The van der Waals surface area contributed by atoms with E-state index in [1.54, 1.807) is 4.90 Å². The Balaban J connectivity index is 1.59. The number of benzene rings is 3. The number of thioether (sulfide) groups is 1. The van der Waals surface area contributed by atoms with E-state index in [1.807, 2.05) is 93.0 Å². The van der Waals surface area contributed by atoms with Crippen molar-refractivity contribution >= 4 is 29.3 Å². The largest absolute Gasteiger partial charge is 0.344 e. The van der Waals surface area contributed by atoms with E-state index in [1.165, 1.54) is 11.8 Å². The molecule has 0 radical (unpaired) electrons. The lowest BCUT2D eigenvalue weighted by Crippen LogP contribution is -2.36. The van der Waals surface area contributed by atoms with Gasteiger partial charge in [-0.15, -0.1) is 11.8 Å². The molecular formula is C26H27N3O2S. The third-order valence-corrected chi connectivity index (χ3v) is 6.45. The lowest BCUT2D eigenvalue weighted by molar-refractivity contribution is -0.116. The smallest absolute Gasteiger partial charge is 0.251 e. The monoisotopic (exact) mass is 445 g/mol. The first kappa shape index (κ1) is 22.1. The van der Waals surface area contributed by atoms with Gasteiger partial charge >= 0.3 is 0 Å². The summed E-state index contributed by atoms with van der Waals surface area (Å²) < 4.78 is 0. The fraction of sp³-hybridized carbons (Fsp3) is 0.231. The second kappa shape index (κ2) is 10.0. The van der Waals surface area contributed by atoms with E-state index in [0.717, 1.165) is 21.7 Å². The minimum absolute atomic E-state index is 0.0543. The number of carbonyl (C=O) groups is 2. The Kier molecular flexibility index (Phi) is 6.93. The number of hydrogen-bond acceptors (Lipinski definition) is 4. The van der Waals surface area contributed by atoms with Crippen LogP contribution in [-0.4, -0.2) is 43.1 Å². The molecule has 164 valence electrons. The summed E-state index contributed by atoms with van der Waals surface area (Å²) in [5, 5.41) is 3.17. The molecule has 0 aromatic heterocycles. The maximum absolute atomic E-state index is 13.2. The van der Waals surface area contributed by atoms with Gasteiger partial charge in [-0.1, -0.05) is 60.7 Å². The number of amides is 2. The Labute approximate surface area is 193 Å². The Morgan fingerprint density at radius 1 is 1.03 bits per heavy atom. The van der Waals surface area contributed by atoms with Gasteiger partial charge in [-0.05, 0) is 43.4 Å². The van der Waals surface area contributed by atoms with Crippen LogP contribution in [0, 0.1) is 0 Å². The molecule has 0 saturated heterocycles. The molecule has 1 atom stereocenters. The molecule has 1 unspecified atom stereocenters. The van der Waals surface area contributed by atoms with Gasteiger partial charge in [-0.25, -0.2) is 0 Å². The van der Waals surface area contributed by atoms with Crippen molar-refractivity contribution in [1.82, 2.24) is 10.2 Å². The zero-order valence-electron chi connectivity index (χ0n) is 18.3. The SMILES string of the molecule is CN(C)CC(NC(=O)c1ccc2c(c1)N(Cc1ccccc1)C(=O)CS2)c1ccccc1. The van der Waals surface area contributed by atoms with E-state index in [4.69, 9.17) is 0 Å². The average Bonchev–Trinajstić information content (AvgIpc) is 2.81. The van der Waals surface area contributed by atoms with Crippen molar-refractivity contribution in [3.8, 4) is 0 Å². The van der Waals surface area contributed by atoms with Crippen molar-refractivity contribution in [1.29, 1.82) is 0 Å². The van der Waals surface area contributed by atoms with Crippen LogP contribution in [0.25, 0.3) is 0 Å². The Morgan fingerprint density at radius 3 is 2.41 bits per heavy atom. The van der Waals surface area contributed by atoms with E-state index in [9.17, 15) is 9.59 Å². The highest BCUT2D eigenvalue weighted by Crippen LogP contribution is 2.37. The van der Waals surface area contributed by atoms with Gasteiger partial charge < -0.3 is 15.1 Å². The predicted octanol–water partition coefficient (Wildman–Crippen LogP) is 4.36. The summed E-state index contributed by atoms with van der Waals surface area (Å²) in [6, 6.07) is 25.4. The summed E-state index contributed by atoms with van der Waals surface area (Å²) in [4.78, 5) is 30.8. The standard InChI is InChI=1S/C26H27N3O2S/c1-28(2)17-22(20-11-7-4-8-12-20)27-26(31)21-13-14-24-23(15-21)29(25(30)18-32-24)16-19-9-5-3-6-10-19/h3-15,22H,16-18H2,1-2H3,(H,27,31). The predicted molar refractivity (Wildman–Crippen MR) is 130 cm³/mol. The lowest BCUT2D eigenvalue weighted by atomic mass is 10.1. The first-order chi connectivity index (χ1) is 15.5. The summed E-state index contributed by atoms with van der Waals surface area (Å²) in [7, 11) is 3.98. The average molecular weight is 446 g/mol. The highest BCUT2D eigenvalue weighted by atomic mass is 32.2. The van der Waals surface area contributed by atoms with Gasteiger partial charge in [0.25, 0.3) is 5.91 Å². The molecule has 2 amide bonds. The molecule has 4 rings (SSSR count). The van der Waals surface area contributed by atoms with Crippen LogP contribution in [0.4, 0.5) is 5.69 Å². The Bertz CT molecular complexity index is 1090. The zero-order chi connectivity index (χ0) is 22.5. The summed E-state index contributed by atoms with van der Waals surface area (Å²) in [5.74, 6) is 0.314. The normalized spacial score (nSPS) is 14.2. The van der Waals surface area contributed by atoms with Gasteiger partial charge in [0, 0.05) is 17.0 Å². The van der Waals surface area contributed by atoms with Crippen LogP contribution in [0.2, 0.25) is 0 Å². The van der Waals surface area contributed by atoms with Crippen LogP contribution in [0.5, 0.6) is 0 Å². The molecule has 0 spiro atoms. The molecule has 6 heteroatoms. The summed E-state index contributed by atoms with van der Waals surface area (Å²) in [5.41, 5.74) is 3.47. The van der Waals surface area contributed by atoms with Crippen molar-refractivity contribution in [2.24, 2.45) is 0 Å². The van der Waals surface area contributed by atoms with Crippen molar-refractivity contribution in [2.45, 2.75) is 17.5 Å². The molecule has 0 fully saturated rings. The minimum atomic E-state index is -0.147. The van der Waals surface area contributed by atoms with Crippen LogP contribution in [0.15, 0.2) is 83.8 Å². The second-order valence-corrected chi connectivity index (χ2v) is 9.15. The fourth-order valence-electron chi connectivity index (χ4n) is 3.81. The molecule has 1 aliphatic heterocycles. The summed E-state index contributed by atoms with van der Waals surface area (Å²) >= 11 is 1.52. The number of rotatable bonds is 7. The van der Waals surface area contributed by atoms with Crippen molar-refractivity contribution in [3.63, 3.8) is 0 Å². The first-order valence-corrected chi connectivity index (χ1v) is 11.6. The highest BCUT2D eigenvalue weighted by molar-refractivity contribution is 8.00. The van der Waals surface area contributed by atoms with E-state index in [2.05, 4.69) is 10.2 Å². The topological polar surface area (TPSA) is 52.7 Å². The minimum Gasteiger partial charge on any atom is -0.344 e. The number of likely N-dealkylation sites (N-methyl/N-ethyl adjacent to an activating group) is 1. The zero-order valence-corrected chi connectivity index (χ0v) is 19.1. The molecule has 3 aromatic carbocycles. The van der Waals surface area contributed by atoms with Crippen LogP contribution < -0.4 is 10.2 Å². The Hall–Kier alpha value is -3.09. The highest BCUT2D eigenvalue weighted by Gasteiger charge is 2.26. The number of carbonyl (C=O) groups excluding carboxylic acids is 2. The molecule has 5 nitrogen and oxygen atoms in total. The van der Waals surface area contributed by atoms with E-state index in [-0.39, 0.29) is 17.9 Å². The van der Waals surface area contributed by atoms with Crippen LogP contribution >= 0.6 is 11.8 Å². The molecule has 0 aliphatic carbocycles. The van der Waals surface area contributed by atoms with E-state index < -0.39 is 0 Å². The Morgan fingerprint density at radius 2 is 1.72 bits per heavy atom. The van der Waals surface area contributed by atoms with Gasteiger partial charge in [-0.2, -0.15) is 0 Å². The van der Waals surface area contributed by atoms with E-state index in [0.29, 0.717) is 24.4 Å². The third kappa shape index (κ3) is 5.21. The molecule has 1 N–H and O–H groups in total. The molecule has 32 heavy (non-hydrogen) atoms. The number of nitrogens with one attached hydrogen (secondary N) is 1. The third-order valence-electron chi connectivity index (χ3n) is 5.40. The van der Waals surface area contributed by atoms with Crippen LogP contribution in [0.1, 0.15) is 27.5 Å². The number of anilines is 1.